The van der Waals surface area contributed by atoms with Crippen LogP contribution < -0.4 is 0 Å². The summed E-state index contributed by atoms with van der Waals surface area (Å²) < 4.78 is 35.9. The van der Waals surface area contributed by atoms with Gasteiger partial charge < -0.3 is 0 Å². The summed E-state index contributed by atoms with van der Waals surface area (Å²) in [5, 5.41) is 0. The molecule has 0 radical (unpaired) electrons. The van der Waals surface area contributed by atoms with E-state index < -0.39 is 18.4 Å². The van der Waals surface area contributed by atoms with Gasteiger partial charge in [0, 0.05) is 6.42 Å². The second-order valence-corrected chi connectivity index (χ2v) is 5.22. The van der Waals surface area contributed by atoms with Gasteiger partial charge in [-0.3, -0.25) is 4.79 Å². The van der Waals surface area contributed by atoms with Gasteiger partial charge in [0.2, 0.25) is 0 Å². The molecule has 1 nitrogen and oxygen atoms in total. The molecule has 2 atom stereocenters. The van der Waals surface area contributed by atoms with Gasteiger partial charge >= 0.3 is 6.18 Å². The smallest absolute Gasteiger partial charge is 0.299 e. The Labute approximate surface area is 94.4 Å². The van der Waals surface area contributed by atoms with Crippen LogP contribution in [-0.4, -0.2) is 12.0 Å². The molecule has 1 rings (SSSR count). The van der Waals surface area contributed by atoms with Gasteiger partial charge in [-0.25, -0.2) is 0 Å². The molecule has 0 unspecified atom stereocenters. The van der Waals surface area contributed by atoms with Gasteiger partial charge in [0.15, 0.2) is 0 Å². The van der Waals surface area contributed by atoms with E-state index in [9.17, 15) is 18.0 Å². The molecule has 0 N–H and O–H groups in total. The maximum atomic E-state index is 12.0. The van der Waals surface area contributed by atoms with Gasteiger partial charge in [0.1, 0.15) is 12.2 Å². The molecule has 4 heteroatoms. The quantitative estimate of drug-likeness (QED) is 0.721. The Balaban J connectivity index is 2.32. The average Bonchev–Trinajstić information content (AvgIpc) is 2.48. The van der Waals surface area contributed by atoms with Gasteiger partial charge in [-0.1, -0.05) is 13.8 Å². The zero-order valence-electron chi connectivity index (χ0n) is 9.81. The van der Waals surface area contributed by atoms with E-state index in [1.165, 1.54) is 0 Å². The molecule has 16 heavy (non-hydrogen) atoms. The highest BCUT2D eigenvalue weighted by Gasteiger charge is 2.34. The molecule has 0 saturated heterocycles. The number of halogens is 3. The molecule has 1 aliphatic rings. The van der Waals surface area contributed by atoms with E-state index in [4.69, 9.17) is 0 Å². The minimum Gasteiger partial charge on any atom is -0.299 e. The summed E-state index contributed by atoms with van der Waals surface area (Å²) in [4.78, 5) is 11.2. The number of alkyl halides is 3. The molecule has 0 aliphatic heterocycles. The molecular weight excluding hydrogens is 217 g/mol. The molecule has 0 aromatic carbocycles. The number of rotatable bonds is 4. The van der Waals surface area contributed by atoms with Crippen LogP contribution in [0.15, 0.2) is 0 Å². The van der Waals surface area contributed by atoms with Crippen LogP contribution in [0.3, 0.4) is 0 Å². The summed E-state index contributed by atoms with van der Waals surface area (Å²) in [6, 6.07) is 0. The second kappa shape index (κ2) is 5.19. The topological polar surface area (TPSA) is 17.1 Å². The van der Waals surface area contributed by atoms with Crippen molar-refractivity contribution in [1.82, 2.24) is 0 Å². The molecule has 0 bridgehead atoms. The molecule has 1 aliphatic carbocycles. The van der Waals surface area contributed by atoms with E-state index >= 15 is 0 Å². The first-order chi connectivity index (χ1) is 7.28. The van der Waals surface area contributed by atoms with Crippen molar-refractivity contribution in [2.75, 3.05) is 0 Å². The molecule has 94 valence electrons. The SMILES string of the molecule is CC(C)[C@@H]1CC[C@@H](CC(=O)CC(F)(F)F)C1. The Bertz CT molecular complexity index is 245. The Morgan fingerprint density at radius 3 is 2.38 bits per heavy atom. The molecule has 0 heterocycles. The zero-order chi connectivity index (χ0) is 12.3. The van der Waals surface area contributed by atoms with Crippen LogP contribution in [-0.2, 0) is 4.79 Å². The van der Waals surface area contributed by atoms with E-state index in [0.717, 1.165) is 19.3 Å². The van der Waals surface area contributed by atoms with Crippen LogP contribution in [0.1, 0.15) is 46.0 Å². The lowest BCUT2D eigenvalue weighted by molar-refractivity contribution is -0.152. The maximum absolute atomic E-state index is 12.0. The van der Waals surface area contributed by atoms with Crippen molar-refractivity contribution in [3.63, 3.8) is 0 Å². The largest absolute Gasteiger partial charge is 0.395 e. The highest BCUT2D eigenvalue weighted by molar-refractivity contribution is 5.79. The van der Waals surface area contributed by atoms with Crippen LogP contribution in [0.4, 0.5) is 13.2 Å². The van der Waals surface area contributed by atoms with Crippen molar-refractivity contribution in [1.29, 1.82) is 0 Å². The van der Waals surface area contributed by atoms with Crippen LogP contribution >= 0.6 is 0 Å². The first-order valence-corrected chi connectivity index (χ1v) is 5.86. The molecule has 0 aromatic rings. The van der Waals surface area contributed by atoms with E-state index in [1.54, 1.807) is 0 Å². The van der Waals surface area contributed by atoms with E-state index in [-0.39, 0.29) is 12.3 Å². The Morgan fingerprint density at radius 2 is 1.94 bits per heavy atom. The van der Waals surface area contributed by atoms with Gasteiger partial charge in [-0.05, 0) is 37.0 Å². The van der Waals surface area contributed by atoms with Crippen LogP contribution in [0.5, 0.6) is 0 Å². The molecular formula is C12H19F3O. The Morgan fingerprint density at radius 1 is 1.31 bits per heavy atom. The van der Waals surface area contributed by atoms with Crippen LogP contribution in [0, 0.1) is 17.8 Å². The first kappa shape index (κ1) is 13.5. The molecule has 0 amide bonds. The summed E-state index contributed by atoms with van der Waals surface area (Å²) in [5.41, 5.74) is 0. The number of Topliss-reactive ketones (excluding diaryl/α,β-unsaturated/α-hetero) is 1. The highest BCUT2D eigenvalue weighted by atomic mass is 19.4. The third-order valence-electron chi connectivity index (χ3n) is 3.44. The van der Waals surface area contributed by atoms with E-state index in [1.807, 2.05) is 0 Å². The highest BCUT2D eigenvalue weighted by Crippen LogP contribution is 2.38. The van der Waals surface area contributed by atoms with Crippen molar-refractivity contribution in [3.05, 3.63) is 0 Å². The fourth-order valence-electron chi connectivity index (χ4n) is 2.52. The number of hydrogen-bond acceptors (Lipinski definition) is 1. The van der Waals surface area contributed by atoms with Crippen LogP contribution in [0.2, 0.25) is 0 Å². The Kier molecular flexibility index (Phi) is 4.39. The Hall–Kier alpha value is -0.540. The van der Waals surface area contributed by atoms with Gasteiger partial charge in [0.25, 0.3) is 0 Å². The lowest BCUT2D eigenvalue weighted by Crippen LogP contribution is -2.17. The zero-order valence-corrected chi connectivity index (χ0v) is 9.81. The summed E-state index contributed by atoms with van der Waals surface area (Å²) in [7, 11) is 0. The summed E-state index contributed by atoms with van der Waals surface area (Å²) in [5.74, 6) is 0.690. The average molecular weight is 236 g/mol. The number of carbonyl (C=O) groups excluding carboxylic acids is 1. The molecule has 0 spiro atoms. The summed E-state index contributed by atoms with van der Waals surface area (Å²) in [6.45, 7) is 4.26. The number of hydrogen-bond donors (Lipinski definition) is 0. The van der Waals surface area contributed by atoms with Crippen molar-refractivity contribution in [3.8, 4) is 0 Å². The van der Waals surface area contributed by atoms with Crippen molar-refractivity contribution < 1.29 is 18.0 Å². The minimum absolute atomic E-state index is 0.114. The fourth-order valence-corrected chi connectivity index (χ4v) is 2.52. The van der Waals surface area contributed by atoms with Crippen molar-refractivity contribution in [2.24, 2.45) is 17.8 Å². The lowest BCUT2D eigenvalue weighted by atomic mass is 9.92. The summed E-state index contributed by atoms with van der Waals surface area (Å²) >= 11 is 0. The van der Waals surface area contributed by atoms with E-state index in [0.29, 0.717) is 11.8 Å². The third kappa shape index (κ3) is 4.54. The molecule has 1 fully saturated rings. The summed E-state index contributed by atoms with van der Waals surface area (Å²) in [6.07, 6.45) is -2.60. The predicted octanol–water partition coefficient (Wildman–Crippen LogP) is 3.97. The minimum atomic E-state index is -4.34. The van der Waals surface area contributed by atoms with Gasteiger partial charge in [-0.2, -0.15) is 13.2 Å². The second-order valence-electron chi connectivity index (χ2n) is 5.22. The third-order valence-corrected chi connectivity index (χ3v) is 3.44. The predicted molar refractivity (Wildman–Crippen MR) is 56.0 cm³/mol. The maximum Gasteiger partial charge on any atom is 0.395 e. The lowest BCUT2D eigenvalue weighted by Gasteiger charge is -2.14. The normalized spacial score (nSPS) is 26.4. The number of carbonyl (C=O) groups is 1. The number of ketones is 1. The van der Waals surface area contributed by atoms with Crippen molar-refractivity contribution in [2.45, 2.75) is 52.1 Å². The molecule has 1 saturated carbocycles. The molecule has 0 aromatic heterocycles. The monoisotopic (exact) mass is 236 g/mol. The fraction of sp³-hybridized carbons (Fsp3) is 0.917. The van der Waals surface area contributed by atoms with Crippen molar-refractivity contribution >= 4 is 5.78 Å². The van der Waals surface area contributed by atoms with Gasteiger partial charge in [0.05, 0.1) is 0 Å². The first-order valence-electron chi connectivity index (χ1n) is 5.86. The van der Waals surface area contributed by atoms with Crippen LogP contribution in [0.25, 0.3) is 0 Å². The standard InChI is InChI=1S/C12H19F3O/c1-8(2)10-4-3-9(5-10)6-11(16)7-12(13,14)15/h8-10H,3-7H2,1-2H3/t9-,10-/m1/s1. The van der Waals surface area contributed by atoms with Gasteiger partial charge in [-0.15, -0.1) is 0 Å². The van der Waals surface area contributed by atoms with E-state index in [2.05, 4.69) is 13.8 Å².